The molecule has 0 spiro atoms. The molecule has 5 nitrogen and oxygen atoms in total. The lowest BCUT2D eigenvalue weighted by molar-refractivity contribution is 0.135. The highest BCUT2D eigenvalue weighted by molar-refractivity contribution is 5.89. The minimum atomic E-state index is -0.139. The molecule has 1 aromatic heterocycles. The first-order valence-corrected chi connectivity index (χ1v) is 9.23. The van der Waals surface area contributed by atoms with Crippen LogP contribution < -0.4 is 15.4 Å². The maximum Gasteiger partial charge on any atom is 0.319 e. The van der Waals surface area contributed by atoms with Gasteiger partial charge in [0.1, 0.15) is 6.10 Å². The number of anilines is 1. The Hall–Kier alpha value is -2.56. The number of pyridine rings is 1. The number of aromatic nitrogens is 1. The van der Waals surface area contributed by atoms with Crippen LogP contribution in [0.3, 0.4) is 0 Å². The quantitative estimate of drug-likeness (QED) is 0.849. The molecular weight excluding hydrogens is 326 g/mol. The predicted octanol–water partition coefficient (Wildman–Crippen LogP) is 4.52. The van der Waals surface area contributed by atoms with Crippen LogP contribution in [0.5, 0.6) is 5.88 Å². The van der Waals surface area contributed by atoms with E-state index < -0.39 is 0 Å². The number of hydrogen-bond donors (Lipinski definition) is 2. The molecule has 0 saturated heterocycles. The molecule has 0 atom stereocenters. The average molecular weight is 353 g/mol. The predicted molar refractivity (Wildman–Crippen MR) is 104 cm³/mol. The molecule has 0 radical (unpaired) electrons. The smallest absolute Gasteiger partial charge is 0.319 e. The molecule has 1 aliphatic carbocycles. The number of carbonyl (C=O) groups is 1. The molecule has 138 valence electrons. The van der Waals surface area contributed by atoms with Gasteiger partial charge in [-0.15, -0.1) is 0 Å². The Bertz CT molecular complexity index is 730. The monoisotopic (exact) mass is 353 g/mol. The van der Waals surface area contributed by atoms with Gasteiger partial charge in [0.2, 0.25) is 5.88 Å². The van der Waals surface area contributed by atoms with Crippen LogP contribution in [-0.4, -0.2) is 23.2 Å². The van der Waals surface area contributed by atoms with Crippen molar-refractivity contribution in [3.63, 3.8) is 0 Å². The summed E-state index contributed by atoms with van der Waals surface area (Å²) < 4.78 is 5.95. The summed E-state index contributed by atoms with van der Waals surface area (Å²) in [6, 6.07) is 10.0. The molecule has 0 bridgehead atoms. The van der Waals surface area contributed by atoms with E-state index in [1.54, 1.807) is 0 Å². The van der Waals surface area contributed by atoms with E-state index in [2.05, 4.69) is 21.7 Å². The van der Waals surface area contributed by atoms with Crippen LogP contribution in [0.2, 0.25) is 0 Å². The van der Waals surface area contributed by atoms with Gasteiger partial charge in [-0.1, -0.05) is 12.1 Å². The summed E-state index contributed by atoms with van der Waals surface area (Å²) in [5.41, 5.74) is 4.24. The zero-order valence-electron chi connectivity index (χ0n) is 15.7. The Morgan fingerprint density at radius 1 is 1.00 bits per heavy atom. The Labute approximate surface area is 155 Å². The van der Waals surface area contributed by atoms with E-state index in [0.717, 1.165) is 48.1 Å². The summed E-state index contributed by atoms with van der Waals surface area (Å²) >= 11 is 0. The fourth-order valence-electron chi connectivity index (χ4n) is 3.42. The van der Waals surface area contributed by atoms with Gasteiger partial charge in [-0.25, -0.2) is 9.78 Å². The van der Waals surface area contributed by atoms with E-state index in [9.17, 15) is 4.79 Å². The summed E-state index contributed by atoms with van der Waals surface area (Å²) in [7, 11) is 0. The van der Waals surface area contributed by atoms with Crippen molar-refractivity contribution in [2.45, 2.75) is 58.6 Å². The molecule has 1 saturated carbocycles. The normalized spacial score (nSPS) is 19.7. The maximum atomic E-state index is 12.2. The topological polar surface area (TPSA) is 63.2 Å². The third kappa shape index (κ3) is 5.22. The SMILES string of the molecule is Cc1ccc(OC2CCC(NC(=O)Nc3cc(C)cc(C)c3)CC2)nc1. The van der Waals surface area contributed by atoms with Gasteiger partial charge in [-0.3, -0.25) is 0 Å². The molecule has 0 aliphatic heterocycles. The molecule has 2 aromatic rings. The van der Waals surface area contributed by atoms with Crippen LogP contribution in [0.1, 0.15) is 42.4 Å². The number of aryl methyl sites for hydroxylation is 3. The number of ether oxygens (including phenoxy) is 1. The van der Waals surface area contributed by atoms with E-state index in [0.29, 0.717) is 5.88 Å². The lowest BCUT2D eigenvalue weighted by Crippen LogP contribution is -2.41. The number of benzene rings is 1. The zero-order chi connectivity index (χ0) is 18.5. The van der Waals surface area contributed by atoms with Crippen molar-refractivity contribution in [2.24, 2.45) is 0 Å². The summed E-state index contributed by atoms with van der Waals surface area (Å²) in [5, 5.41) is 6.01. The summed E-state index contributed by atoms with van der Waals surface area (Å²) in [4.78, 5) is 16.5. The van der Waals surface area contributed by atoms with Crippen LogP contribution in [-0.2, 0) is 0 Å². The van der Waals surface area contributed by atoms with Crippen molar-refractivity contribution in [1.29, 1.82) is 0 Å². The highest BCUT2D eigenvalue weighted by Gasteiger charge is 2.24. The molecule has 3 rings (SSSR count). The molecule has 1 heterocycles. The first kappa shape index (κ1) is 18.2. The number of urea groups is 1. The number of nitrogens with one attached hydrogen (secondary N) is 2. The zero-order valence-corrected chi connectivity index (χ0v) is 15.7. The third-order valence-corrected chi connectivity index (χ3v) is 4.66. The van der Waals surface area contributed by atoms with Crippen LogP contribution in [0, 0.1) is 20.8 Å². The fraction of sp³-hybridized carbons (Fsp3) is 0.429. The number of amides is 2. The van der Waals surface area contributed by atoms with Crippen molar-refractivity contribution in [3.05, 3.63) is 53.2 Å². The molecular formula is C21H27N3O2. The van der Waals surface area contributed by atoms with E-state index >= 15 is 0 Å². The lowest BCUT2D eigenvalue weighted by Gasteiger charge is -2.29. The first-order valence-electron chi connectivity index (χ1n) is 9.23. The van der Waals surface area contributed by atoms with E-state index in [1.165, 1.54) is 0 Å². The minimum absolute atomic E-state index is 0.139. The fourth-order valence-corrected chi connectivity index (χ4v) is 3.42. The average Bonchev–Trinajstić information content (AvgIpc) is 2.57. The number of nitrogens with zero attached hydrogens (tertiary/aromatic N) is 1. The third-order valence-electron chi connectivity index (χ3n) is 4.66. The van der Waals surface area contributed by atoms with E-state index in [1.807, 2.05) is 51.2 Å². The van der Waals surface area contributed by atoms with Crippen molar-refractivity contribution in [2.75, 3.05) is 5.32 Å². The largest absolute Gasteiger partial charge is 0.474 e. The van der Waals surface area contributed by atoms with Gasteiger partial charge in [-0.05, 0) is 75.3 Å². The number of rotatable bonds is 4. The molecule has 1 fully saturated rings. The van der Waals surface area contributed by atoms with Gasteiger partial charge >= 0.3 is 6.03 Å². The summed E-state index contributed by atoms with van der Waals surface area (Å²) in [5.74, 6) is 0.680. The van der Waals surface area contributed by atoms with Crippen molar-refractivity contribution in [1.82, 2.24) is 10.3 Å². The van der Waals surface area contributed by atoms with Crippen LogP contribution in [0.15, 0.2) is 36.5 Å². The molecule has 0 unspecified atom stereocenters. The standard InChI is InChI=1S/C21H27N3O2/c1-14-4-9-20(22-13-14)26-19-7-5-17(6-8-19)23-21(25)24-18-11-15(2)10-16(3)12-18/h4,9-13,17,19H,5-8H2,1-3H3,(H2,23,24,25). The minimum Gasteiger partial charge on any atom is -0.474 e. The van der Waals surface area contributed by atoms with Crippen molar-refractivity contribution in [3.8, 4) is 5.88 Å². The van der Waals surface area contributed by atoms with Gasteiger partial charge < -0.3 is 15.4 Å². The van der Waals surface area contributed by atoms with Gasteiger partial charge in [-0.2, -0.15) is 0 Å². The summed E-state index contributed by atoms with van der Waals surface area (Å²) in [6.07, 6.45) is 5.66. The highest BCUT2D eigenvalue weighted by Crippen LogP contribution is 2.23. The van der Waals surface area contributed by atoms with Gasteiger partial charge in [0.25, 0.3) is 0 Å². The Kier molecular flexibility index (Phi) is 5.76. The Morgan fingerprint density at radius 2 is 1.69 bits per heavy atom. The van der Waals surface area contributed by atoms with Crippen LogP contribution in [0.4, 0.5) is 10.5 Å². The first-order chi connectivity index (χ1) is 12.5. The summed E-state index contributed by atoms with van der Waals surface area (Å²) in [6.45, 7) is 6.07. The second-order valence-corrected chi connectivity index (χ2v) is 7.24. The lowest BCUT2D eigenvalue weighted by atomic mass is 9.93. The van der Waals surface area contributed by atoms with Gasteiger partial charge in [0, 0.05) is 24.0 Å². The second kappa shape index (κ2) is 8.21. The van der Waals surface area contributed by atoms with Gasteiger partial charge in [0.15, 0.2) is 0 Å². The molecule has 1 aromatic carbocycles. The molecule has 26 heavy (non-hydrogen) atoms. The van der Waals surface area contributed by atoms with E-state index in [-0.39, 0.29) is 18.2 Å². The van der Waals surface area contributed by atoms with Crippen LogP contribution in [0.25, 0.3) is 0 Å². The van der Waals surface area contributed by atoms with Crippen molar-refractivity contribution < 1.29 is 9.53 Å². The van der Waals surface area contributed by atoms with Gasteiger partial charge in [0.05, 0.1) is 0 Å². The number of hydrogen-bond acceptors (Lipinski definition) is 3. The highest BCUT2D eigenvalue weighted by atomic mass is 16.5. The Balaban J connectivity index is 1.44. The van der Waals surface area contributed by atoms with Crippen LogP contribution >= 0.6 is 0 Å². The molecule has 1 aliphatic rings. The Morgan fingerprint density at radius 3 is 2.31 bits per heavy atom. The second-order valence-electron chi connectivity index (χ2n) is 7.24. The maximum absolute atomic E-state index is 12.2. The molecule has 5 heteroatoms. The molecule has 2 amide bonds. The number of carbonyl (C=O) groups excluding carboxylic acids is 1. The van der Waals surface area contributed by atoms with E-state index in [4.69, 9.17) is 4.74 Å². The molecule has 2 N–H and O–H groups in total. The van der Waals surface area contributed by atoms with Crippen molar-refractivity contribution >= 4 is 11.7 Å².